The van der Waals surface area contributed by atoms with Crippen LogP contribution < -0.4 is 0 Å². The van der Waals surface area contributed by atoms with Crippen molar-refractivity contribution < 1.29 is 23.9 Å². The predicted octanol–water partition coefficient (Wildman–Crippen LogP) is 3.14. The van der Waals surface area contributed by atoms with Crippen LogP contribution in [-0.4, -0.2) is 59.4 Å². The lowest BCUT2D eigenvalue weighted by atomic mass is 9.71. The number of amides is 1. The Labute approximate surface area is 177 Å². The molecule has 3 atom stereocenters. The summed E-state index contributed by atoms with van der Waals surface area (Å²) >= 11 is 0. The van der Waals surface area contributed by atoms with Gasteiger partial charge in [-0.25, -0.2) is 9.59 Å². The molecule has 30 heavy (non-hydrogen) atoms. The molecule has 1 amide bonds. The van der Waals surface area contributed by atoms with Gasteiger partial charge in [-0.2, -0.15) is 0 Å². The minimum Gasteiger partial charge on any atom is -0.459 e. The highest BCUT2D eigenvalue weighted by molar-refractivity contribution is 6.05. The summed E-state index contributed by atoms with van der Waals surface area (Å²) in [4.78, 5) is 42.4. The average molecular weight is 415 g/mol. The SMILES string of the molecule is CN(C)/C=C1/C(=O)[C@H]2CC[C@@H]1N(C(=O)OC(C)(C)C)[C@@H]2C(=O)OCc1ccccc1. The maximum absolute atomic E-state index is 13.1. The summed E-state index contributed by atoms with van der Waals surface area (Å²) in [7, 11) is 3.65. The molecule has 2 saturated heterocycles. The zero-order valence-corrected chi connectivity index (χ0v) is 18.3. The van der Waals surface area contributed by atoms with Crippen LogP contribution in [-0.2, 0) is 25.7 Å². The van der Waals surface area contributed by atoms with Crippen LogP contribution >= 0.6 is 0 Å². The summed E-state index contributed by atoms with van der Waals surface area (Å²) in [6, 6.07) is 7.83. The summed E-state index contributed by atoms with van der Waals surface area (Å²) < 4.78 is 11.1. The second-order valence-electron chi connectivity index (χ2n) is 9.04. The van der Waals surface area contributed by atoms with Crippen molar-refractivity contribution in [3.63, 3.8) is 0 Å². The highest BCUT2D eigenvalue weighted by Gasteiger charge is 2.56. The van der Waals surface area contributed by atoms with Crippen molar-refractivity contribution >= 4 is 17.8 Å². The molecular weight excluding hydrogens is 384 g/mol. The predicted molar refractivity (Wildman–Crippen MR) is 111 cm³/mol. The number of ether oxygens (including phenoxy) is 2. The normalized spacial score (nSPS) is 24.7. The first-order chi connectivity index (χ1) is 14.1. The summed E-state index contributed by atoms with van der Waals surface area (Å²) in [5.74, 6) is -1.30. The Morgan fingerprint density at radius 1 is 1.17 bits per heavy atom. The smallest absolute Gasteiger partial charge is 0.411 e. The number of Topliss-reactive ketones (excluding diaryl/α,β-unsaturated/α-hetero) is 1. The third-order valence-electron chi connectivity index (χ3n) is 5.22. The lowest BCUT2D eigenvalue weighted by Crippen LogP contribution is -2.65. The molecule has 1 aromatic carbocycles. The fraction of sp³-hybridized carbons (Fsp3) is 0.522. The fourth-order valence-electron chi connectivity index (χ4n) is 4.06. The number of nitrogens with zero attached hydrogens (tertiary/aromatic N) is 2. The van der Waals surface area contributed by atoms with Crippen LogP contribution in [0.2, 0.25) is 0 Å². The molecule has 0 radical (unpaired) electrons. The van der Waals surface area contributed by atoms with Gasteiger partial charge < -0.3 is 14.4 Å². The number of carbonyl (C=O) groups excluding carboxylic acids is 3. The van der Waals surface area contributed by atoms with Gasteiger partial charge in [0.15, 0.2) is 5.78 Å². The molecule has 4 rings (SSSR count). The molecule has 3 aliphatic rings. The van der Waals surface area contributed by atoms with Gasteiger partial charge in [0.1, 0.15) is 18.2 Å². The molecule has 0 aromatic heterocycles. The third-order valence-corrected chi connectivity index (χ3v) is 5.22. The Bertz CT molecular complexity index is 841. The summed E-state index contributed by atoms with van der Waals surface area (Å²) in [6.45, 7) is 5.41. The monoisotopic (exact) mass is 414 g/mol. The molecule has 2 aliphatic heterocycles. The molecule has 7 heteroatoms. The Hall–Kier alpha value is -2.83. The van der Waals surface area contributed by atoms with Gasteiger partial charge in [0.2, 0.25) is 0 Å². The highest BCUT2D eigenvalue weighted by atomic mass is 16.6. The summed E-state index contributed by atoms with van der Waals surface area (Å²) in [5.41, 5.74) is 0.659. The van der Waals surface area contributed by atoms with Crippen LogP contribution in [0.3, 0.4) is 0 Å². The molecule has 0 spiro atoms. The topological polar surface area (TPSA) is 76.2 Å². The maximum atomic E-state index is 13.1. The Balaban J connectivity index is 1.89. The molecule has 0 N–H and O–H groups in total. The Kier molecular flexibility index (Phi) is 6.19. The van der Waals surface area contributed by atoms with Crippen molar-refractivity contribution in [1.82, 2.24) is 9.80 Å². The standard InChI is InChI=1S/C23H30N2O5/c1-23(2,3)30-22(28)25-18-12-11-16(20(26)17(18)13-24(4)5)19(25)21(27)29-14-15-9-7-6-8-10-15/h6-10,13,16,18-19H,11-12,14H2,1-5H3/b17-13+/t16-,18-,19-/m0/s1. The van der Waals surface area contributed by atoms with Gasteiger partial charge >= 0.3 is 12.1 Å². The second kappa shape index (κ2) is 8.50. The van der Waals surface area contributed by atoms with E-state index < -0.39 is 35.7 Å². The molecular formula is C23H30N2O5. The van der Waals surface area contributed by atoms with Gasteiger partial charge in [-0.15, -0.1) is 0 Å². The fourth-order valence-corrected chi connectivity index (χ4v) is 4.06. The number of benzene rings is 1. The van der Waals surface area contributed by atoms with Gasteiger partial charge in [0.05, 0.1) is 12.0 Å². The van der Waals surface area contributed by atoms with Crippen molar-refractivity contribution in [2.24, 2.45) is 5.92 Å². The van der Waals surface area contributed by atoms with Crippen LogP contribution in [0.15, 0.2) is 42.1 Å². The van der Waals surface area contributed by atoms with Crippen LogP contribution in [0.1, 0.15) is 39.2 Å². The van der Waals surface area contributed by atoms with Crippen LogP contribution in [0.25, 0.3) is 0 Å². The van der Waals surface area contributed by atoms with E-state index in [4.69, 9.17) is 9.47 Å². The quantitative estimate of drug-likeness (QED) is 0.557. The third kappa shape index (κ3) is 4.66. The number of piperidine rings is 2. The second-order valence-corrected chi connectivity index (χ2v) is 9.04. The average Bonchev–Trinajstić information content (AvgIpc) is 2.67. The maximum Gasteiger partial charge on any atom is 0.411 e. The summed E-state index contributed by atoms with van der Waals surface area (Å²) in [5, 5.41) is 0. The van der Waals surface area contributed by atoms with Crippen molar-refractivity contribution in [2.75, 3.05) is 14.1 Å². The largest absolute Gasteiger partial charge is 0.459 e. The first kappa shape index (κ1) is 21.9. The van der Waals surface area contributed by atoms with E-state index in [-0.39, 0.29) is 12.4 Å². The molecule has 162 valence electrons. The van der Waals surface area contributed by atoms with Crippen molar-refractivity contribution in [3.8, 4) is 0 Å². The Morgan fingerprint density at radius 2 is 1.83 bits per heavy atom. The van der Waals surface area contributed by atoms with E-state index in [1.165, 1.54) is 4.90 Å². The number of esters is 1. The number of ketones is 1. The van der Waals surface area contributed by atoms with Gasteiger partial charge in [-0.3, -0.25) is 9.69 Å². The lowest BCUT2D eigenvalue weighted by Gasteiger charge is -2.49. The molecule has 2 bridgehead atoms. The first-order valence-corrected chi connectivity index (χ1v) is 10.2. The number of carbonyl (C=O) groups is 3. The zero-order chi connectivity index (χ0) is 22.1. The minimum atomic E-state index is -0.978. The summed E-state index contributed by atoms with van der Waals surface area (Å²) in [6.07, 6.45) is 2.29. The zero-order valence-electron chi connectivity index (χ0n) is 18.3. The number of hydrogen-bond acceptors (Lipinski definition) is 6. The van der Waals surface area contributed by atoms with Crippen molar-refractivity contribution in [1.29, 1.82) is 0 Å². The van der Waals surface area contributed by atoms with Gasteiger partial charge in [0, 0.05) is 25.9 Å². The van der Waals surface area contributed by atoms with E-state index in [1.807, 2.05) is 44.4 Å². The van der Waals surface area contributed by atoms with E-state index in [0.717, 1.165) is 5.56 Å². The molecule has 2 heterocycles. The molecule has 0 unspecified atom stereocenters. The molecule has 1 saturated carbocycles. The van der Waals surface area contributed by atoms with E-state index in [2.05, 4.69) is 0 Å². The van der Waals surface area contributed by atoms with E-state index >= 15 is 0 Å². The number of fused-ring (bicyclic) bond motifs is 3. The van der Waals surface area contributed by atoms with E-state index in [1.54, 1.807) is 31.9 Å². The first-order valence-electron chi connectivity index (χ1n) is 10.2. The van der Waals surface area contributed by atoms with Crippen LogP contribution in [0.5, 0.6) is 0 Å². The Morgan fingerprint density at radius 3 is 2.43 bits per heavy atom. The molecule has 3 fully saturated rings. The highest BCUT2D eigenvalue weighted by Crippen LogP contribution is 2.42. The van der Waals surface area contributed by atoms with Crippen LogP contribution in [0.4, 0.5) is 4.79 Å². The van der Waals surface area contributed by atoms with Crippen molar-refractivity contribution in [3.05, 3.63) is 47.7 Å². The van der Waals surface area contributed by atoms with Gasteiger partial charge in [-0.1, -0.05) is 30.3 Å². The molecule has 7 nitrogen and oxygen atoms in total. The molecule has 1 aromatic rings. The minimum absolute atomic E-state index is 0.0876. The van der Waals surface area contributed by atoms with Gasteiger partial charge in [-0.05, 0) is 39.2 Å². The van der Waals surface area contributed by atoms with Gasteiger partial charge in [0.25, 0.3) is 0 Å². The number of hydrogen-bond donors (Lipinski definition) is 0. The van der Waals surface area contributed by atoms with Crippen LogP contribution in [0, 0.1) is 5.92 Å². The van der Waals surface area contributed by atoms with E-state index in [9.17, 15) is 14.4 Å². The van der Waals surface area contributed by atoms with E-state index in [0.29, 0.717) is 18.4 Å². The molecule has 1 aliphatic carbocycles. The lowest BCUT2D eigenvalue weighted by molar-refractivity contribution is -0.161. The number of rotatable bonds is 4. The van der Waals surface area contributed by atoms with Crippen molar-refractivity contribution in [2.45, 2.75) is 57.9 Å².